The summed E-state index contributed by atoms with van der Waals surface area (Å²) in [4.78, 5) is 42.7. The Hall–Kier alpha value is -4.29. The van der Waals surface area contributed by atoms with Crippen LogP contribution < -0.4 is 10.6 Å². The molecule has 4 N–H and O–H groups in total. The molecule has 0 saturated carbocycles. The number of aliphatic hydroxyl groups is 2. The zero-order chi connectivity index (χ0) is 29.5. The maximum absolute atomic E-state index is 13.8. The lowest BCUT2D eigenvalue weighted by atomic mass is 9.93. The van der Waals surface area contributed by atoms with Gasteiger partial charge in [0.05, 0.1) is 48.5 Å². The predicted octanol–water partition coefficient (Wildman–Crippen LogP) is 1.73. The van der Waals surface area contributed by atoms with Gasteiger partial charge >= 0.3 is 0 Å². The summed E-state index contributed by atoms with van der Waals surface area (Å²) in [6.45, 7) is 3.89. The van der Waals surface area contributed by atoms with Gasteiger partial charge in [-0.15, -0.1) is 0 Å². The third kappa shape index (κ3) is 3.72. The van der Waals surface area contributed by atoms with Crippen molar-refractivity contribution in [2.24, 2.45) is 0 Å². The van der Waals surface area contributed by atoms with E-state index in [4.69, 9.17) is 4.74 Å². The molecular weight excluding hydrogens is 550 g/mol. The third-order valence-electron chi connectivity index (χ3n) is 9.34. The number of carbonyl (C=O) groups excluding carboxylic acids is 3. The van der Waals surface area contributed by atoms with Crippen LogP contribution in [0.1, 0.15) is 27.1 Å². The lowest BCUT2D eigenvalue weighted by molar-refractivity contribution is -0.156. The number of nitrogens with one attached hydrogen (secondary N) is 2. The maximum atomic E-state index is 13.8. The summed E-state index contributed by atoms with van der Waals surface area (Å²) in [5, 5.41) is 31.8. The van der Waals surface area contributed by atoms with Crippen LogP contribution in [0.2, 0.25) is 0 Å². The zero-order valence-electron chi connectivity index (χ0n) is 23.4. The van der Waals surface area contributed by atoms with Gasteiger partial charge in [0.25, 0.3) is 17.7 Å². The van der Waals surface area contributed by atoms with Gasteiger partial charge in [0.1, 0.15) is 6.10 Å². The van der Waals surface area contributed by atoms with Gasteiger partial charge in [-0.25, -0.2) is 0 Å². The third-order valence-corrected chi connectivity index (χ3v) is 9.34. The van der Waals surface area contributed by atoms with Gasteiger partial charge in [-0.3, -0.25) is 24.6 Å². The number of para-hydroxylation sites is 2. The predicted molar refractivity (Wildman–Crippen MR) is 160 cm³/mol. The van der Waals surface area contributed by atoms with Crippen molar-refractivity contribution in [3.05, 3.63) is 59.7 Å². The second-order valence-electron chi connectivity index (χ2n) is 11.7. The fraction of sp³-hybridized carbons (Fsp3) is 0.344. The van der Waals surface area contributed by atoms with E-state index in [1.54, 1.807) is 0 Å². The summed E-state index contributed by atoms with van der Waals surface area (Å²) in [5.74, 6) is -1.59. The first kappa shape index (κ1) is 26.3. The van der Waals surface area contributed by atoms with Crippen LogP contribution in [-0.4, -0.2) is 93.1 Å². The Labute approximate surface area is 245 Å². The van der Waals surface area contributed by atoms with Crippen molar-refractivity contribution < 1.29 is 29.3 Å². The topological polar surface area (TPSA) is 138 Å². The van der Waals surface area contributed by atoms with E-state index in [1.165, 1.54) is 0 Å². The van der Waals surface area contributed by atoms with Crippen LogP contribution >= 0.6 is 0 Å². The van der Waals surface area contributed by atoms with E-state index in [9.17, 15) is 24.6 Å². The summed E-state index contributed by atoms with van der Waals surface area (Å²) in [5.41, 5.74) is 1.16. The molecule has 43 heavy (non-hydrogen) atoms. The number of nitrogens with zero attached hydrogens (tertiary/aromatic N) is 3. The Kier molecular flexibility index (Phi) is 5.89. The van der Waals surface area contributed by atoms with Crippen LogP contribution in [0, 0.1) is 0 Å². The number of amides is 3. The molecule has 11 nitrogen and oxygen atoms in total. The first-order valence-electron chi connectivity index (χ1n) is 14.7. The summed E-state index contributed by atoms with van der Waals surface area (Å²) in [6, 6.07) is 14.9. The molecule has 2 aromatic heterocycles. The summed E-state index contributed by atoms with van der Waals surface area (Å²) < 4.78 is 9.11. The van der Waals surface area contributed by atoms with E-state index < -0.39 is 29.4 Å². The number of carbonyl (C=O) groups is 3. The van der Waals surface area contributed by atoms with Crippen molar-refractivity contribution in [1.29, 1.82) is 0 Å². The molecule has 1 fully saturated rings. The molecule has 8 rings (SSSR count). The van der Waals surface area contributed by atoms with Gasteiger partial charge in [0.15, 0.2) is 5.60 Å². The summed E-state index contributed by atoms with van der Waals surface area (Å²) in [6.07, 6.45) is -0.783. The number of rotatable bonds is 5. The molecule has 0 radical (unpaired) electrons. The molecule has 0 bridgehead atoms. The van der Waals surface area contributed by atoms with Gasteiger partial charge < -0.3 is 29.4 Å². The van der Waals surface area contributed by atoms with Crippen LogP contribution in [0.3, 0.4) is 0 Å². The Morgan fingerprint density at radius 2 is 1.51 bits per heavy atom. The highest BCUT2D eigenvalue weighted by molar-refractivity contribution is 6.39. The number of aliphatic hydroxyl groups excluding tert-OH is 1. The Bertz CT molecular complexity index is 2000. The van der Waals surface area contributed by atoms with E-state index >= 15 is 0 Å². The van der Waals surface area contributed by atoms with Crippen LogP contribution in [0.5, 0.6) is 0 Å². The van der Waals surface area contributed by atoms with Crippen LogP contribution in [0.4, 0.5) is 0 Å². The molecule has 3 aliphatic heterocycles. The number of benzene rings is 3. The minimum atomic E-state index is -2.18. The van der Waals surface area contributed by atoms with Crippen LogP contribution in [0.15, 0.2) is 48.5 Å². The highest BCUT2D eigenvalue weighted by Gasteiger charge is 2.47. The van der Waals surface area contributed by atoms with E-state index in [-0.39, 0.29) is 13.1 Å². The van der Waals surface area contributed by atoms with E-state index in [0.717, 1.165) is 35.9 Å². The molecule has 5 aromatic rings. The van der Waals surface area contributed by atoms with Crippen molar-refractivity contribution in [2.75, 3.05) is 39.4 Å². The molecule has 3 aliphatic rings. The first-order chi connectivity index (χ1) is 20.9. The highest BCUT2D eigenvalue weighted by Crippen LogP contribution is 2.46. The molecule has 2 atom stereocenters. The fourth-order valence-electron chi connectivity index (χ4n) is 7.27. The standard InChI is InChI=1S/C32H31N5O6/c38-22-16-36-20-8-3-1-6-18(20)23-25-26(30(40)34-29(25)39)24-19-7-2-4-9-21(19)37(28(24)27(23)36)17-32(22,42)31(41)33-10-5-11-35-12-14-43-15-13-35/h1-4,6-9,22,38,42H,5,10-17H2,(H,33,41)(H,34,39,40). The van der Waals surface area contributed by atoms with E-state index in [0.29, 0.717) is 64.6 Å². The molecular formula is C32H31N5O6. The Balaban J connectivity index is 1.31. The SMILES string of the molecule is O=C1NC(=O)c2c1c1c3ccccc3n3c1c1c2c2ccccc2n1CC(O)(C(=O)NCCCN1CCOCC1)C(O)C3. The minimum absolute atomic E-state index is 0.0906. The molecule has 0 spiro atoms. The quantitative estimate of drug-likeness (QED) is 0.183. The van der Waals surface area contributed by atoms with Crippen molar-refractivity contribution in [2.45, 2.75) is 31.2 Å². The van der Waals surface area contributed by atoms with Crippen LogP contribution in [0.25, 0.3) is 43.6 Å². The van der Waals surface area contributed by atoms with Crippen LogP contribution in [-0.2, 0) is 22.6 Å². The molecule has 1 saturated heterocycles. The number of hydrogen-bond donors (Lipinski definition) is 4. The Morgan fingerprint density at radius 1 is 0.930 bits per heavy atom. The number of aromatic nitrogens is 2. The van der Waals surface area contributed by atoms with Crippen molar-refractivity contribution in [3.63, 3.8) is 0 Å². The van der Waals surface area contributed by atoms with Gasteiger partial charge in [0.2, 0.25) is 0 Å². The first-order valence-corrected chi connectivity index (χ1v) is 14.7. The lowest BCUT2D eigenvalue weighted by Crippen LogP contribution is -2.59. The zero-order valence-corrected chi connectivity index (χ0v) is 23.4. The van der Waals surface area contributed by atoms with Crippen molar-refractivity contribution >= 4 is 61.3 Å². The highest BCUT2D eigenvalue weighted by atomic mass is 16.5. The normalized spacial score (nSPS) is 22.4. The van der Waals surface area contributed by atoms with Crippen molar-refractivity contribution in [1.82, 2.24) is 24.7 Å². The second-order valence-corrected chi connectivity index (χ2v) is 11.7. The maximum Gasteiger partial charge on any atom is 0.259 e. The smallest absolute Gasteiger partial charge is 0.259 e. The minimum Gasteiger partial charge on any atom is -0.388 e. The number of morpholine rings is 1. The number of imide groups is 1. The molecule has 220 valence electrons. The molecule has 11 heteroatoms. The molecule has 5 heterocycles. The van der Waals surface area contributed by atoms with Gasteiger partial charge in [-0.05, 0) is 25.1 Å². The number of ether oxygens (including phenoxy) is 1. The number of fused-ring (bicyclic) bond motifs is 9. The second kappa shape index (κ2) is 9.61. The average Bonchev–Trinajstić information content (AvgIpc) is 3.62. The molecule has 2 unspecified atom stereocenters. The van der Waals surface area contributed by atoms with E-state index in [2.05, 4.69) is 15.5 Å². The monoisotopic (exact) mass is 581 g/mol. The Morgan fingerprint density at radius 3 is 2.16 bits per heavy atom. The average molecular weight is 582 g/mol. The van der Waals surface area contributed by atoms with Crippen molar-refractivity contribution in [3.8, 4) is 0 Å². The molecule has 3 aromatic carbocycles. The van der Waals surface area contributed by atoms with Gasteiger partial charge in [0, 0.05) is 52.2 Å². The van der Waals surface area contributed by atoms with Gasteiger partial charge in [-0.2, -0.15) is 0 Å². The number of hydrogen-bond acceptors (Lipinski definition) is 7. The fourth-order valence-corrected chi connectivity index (χ4v) is 7.27. The molecule has 0 aliphatic carbocycles. The lowest BCUT2D eigenvalue weighted by Gasteiger charge is -2.35. The molecule has 3 amide bonds. The van der Waals surface area contributed by atoms with E-state index in [1.807, 2.05) is 57.7 Å². The summed E-state index contributed by atoms with van der Waals surface area (Å²) >= 11 is 0. The van der Waals surface area contributed by atoms with Gasteiger partial charge in [-0.1, -0.05) is 36.4 Å². The summed E-state index contributed by atoms with van der Waals surface area (Å²) in [7, 11) is 0. The largest absolute Gasteiger partial charge is 0.388 e.